The lowest BCUT2D eigenvalue weighted by Gasteiger charge is -2.35. The molecule has 0 aromatic rings. The van der Waals surface area contributed by atoms with Gasteiger partial charge in [0.25, 0.3) is 0 Å². The second kappa shape index (κ2) is 13.4. The molecule has 0 spiro atoms. The molecule has 1 fully saturated rings. The molecule has 0 amide bonds. The van der Waals surface area contributed by atoms with E-state index in [4.69, 9.17) is 9.84 Å². The third-order valence-electron chi connectivity index (χ3n) is 5.51. The van der Waals surface area contributed by atoms with Gasteiger partial charge in [0.05, 0.1) is 0 Å². The van der Waals surface area contributed by atoms with Gasteiger partial charge in [-0.25, -0.2) is 0 Å². The van der Waals surface area contributed by atoms with Crippen LogP contribution in [0, 0.1) is 5.41 Å². The molecular formula is C22H40O3. The number of aliphatic hydroxyl groups is 1. The first-order chi connectivity index (χ1) is 12.1. The average Bonchev–Trinajstić information content (AvgIpc) is 2.60. The summed E-state index contributed by atoms with van der Waals surface area (Å²) in [4.78, 5) is 11.4. The van der Waals surface area contributed by atoms with Crippen LogP contribution in [0.1, 0.15) is 104 Å². The van der Waals surface area contributed by atoms with Gasteiger partial charge >= 0.3 is 5.97 Å². The summed E-state index contributed by atoms with van der Waals surface area (Å²) in [6, 6.07) is 0. The van der Waals surface area contributed by atoms with E-state index in [0.29, 0.717) is 12.0 Å². The Kier molecular flexibility index (Phi) is 11.9. The number of carbonyl (C=O) groups excluding carboxylic acids is 1. The van der Waals surface area contributed by atoms with Crippen molar-refractivity contribution in [2.24, 2.45) is 5.41 Å². The number of ether oxygens (including phenoxy) is 1. The molecule has 3 heteroatoms. The number of esters is 1. The van der Waals surface area contributed by atoms with Crippen LogP contribution >= 0.6 is 0 Å². The Bertz CT molecular complexity index is 369. The van der Waals surface area contributed by atoms with E-state index in [0.717, 1.165) is 25.7 Å². The van der Waals surface area contributed by atoms with Crippen LogP contribution in [0.4, 0.5) is 0 Å². The summed E-state index contributed by atoms with van der Waals surface area (Å²) in [6.07, 6.45) is 21.2. The van der Waals surface area contributed by atoms with Gasteiger partial charge in [0.2, 0.25) is 0 Å². The van der Waals surface area contributed by atoms with Crippen molar-refractivity contribution < 1.29 is 14.6 Å². The lowest BCUT2D eigenvalue weighted by atomic mass is 9.70. The minimum absolute atomic E-state index is 0.0581. The molecule has 0 heterocycles. The van der Waals surface area contributed by atoms with Gasteiger partial charge in [-0.3, -0.25) is 4.79 Å². The fraction of sp³-hybridized carbons (Fsp3) is 0.864. The van der Waals surface area contributed by atoms with E-state index in [-0.39, 0.29) is 12.1 Å². The number of carbonyl (C=O) groups is 1. The molecular weight excluding hydrogens is 312 g/mol. The third-order valence-corrected chi connectivity index (χ3v) is 5.51. The summed E-state index contributed by atoms with van der Waals surface area (Å²) < 4.78 is 5.54. The highest BCUT2D eigenvalue weighted by atomic mass is 16.5. The number of allylic oxidation sites excluding steroid dienone is 1. The first kappa shape index (κ1) is 22.2. The summed E-state index contributed by atoms with van der Waals surface area (Å²) in [5, 5.41) is 8.92. The molecule has 1 rings (SSSR count). The highest BCUT2D eigenvalue weighted by molar-refractivity contribution is 5.66. The first-order valence-corrected chi connectivity index (χ1v) is 10.6. The molecule has 1 N–H and O–H groups in total. The molecule has 1 aliphatic carbocycles. The molecule has 0 bridgehead atoms. The Labute approximate surface area is 155 Å². The van der Waals surface area contributed by atoms with Crippen molar-refractivity contribution in [3.63, 3.8) is 0 Å². The van der Waals surface area contributed by atoms with Crippen molar-refractivity contribution >= 4 is 5.97 Å². The molecule has 1 atom stereocenters. The monoisotopic (exact) mass is 352 g/mol. The Morgan fingerprint density at radius 1 is 1.08 bits per heavy atom. The normalized spacial score (nSPS) is 18.4. The minimum atomic E-state index is -0.173. The maximum Gasteiger partial charge on any atom is 0.303 e. The van der Waals surface area contributed by atoms with Gasteiger partial charge in [-0.1, -0.05) is 64.4 Å². The van der Waals surface area contributed by atoms with Crippen molar-refractivity contribution in [1.82, 2.24) is 0 Å². The highest BCUT2D eigenvalue weighted by Gasteiger charge is 2.29. The second-order valence-electron chi connectivity index (χ2n) is 7.81. The number of hydrogen-bond donors (Lipinski definition) is 1. The SMILES string of the molecule is CCCCCC(C=CC1(CCCCCCO)CCCCC1)OC(C)=O. The van der Waals surface area contributed by atoms with Gasteiger partial charge in [-0.05, 0) is 50.0 Å². The van der Waals surface area contributed by atoms with Crippen LogP contribution < -0.4 is 0 Å². The largest absolute Gasteiger partial charge is 0.458 e. The van der Waals surface area contributed by atoms with Gasteiger partial charge in [-0.15, -0.1) is 0 Å². The predicted octanol–water partition coefficient (Wildman–Crippen LogP) is 5.95. The fourth-order valence-electron chi connectivity index (χ4n) is 4.01. The van der Waals surface area contributed by atoms with E-state index in [1.54, 1.807) is 0 Å². The Hall–Kier alpha value is -0.830. The van der Waals surface area contributed by atoms with Gasteiger partial charge in [0, 0.05) is 13.5 Å². The third kappa shape index (κ3) is 10.0. The summed E-state index contributed by atoms with van der Waals surface area (Å²) in [5.41, 5.74) is 0.306. The number of rotatable bonds is 13. The summed E-state index contributed by atoms with van der Waals surface area (Å²) in [7, 11) is 0. The number of aliphatic hydroxyl groups excluding tert-OH is 1. The van der Waals surface area contributed by atoms with Crippen molar-refractivity contribution in [2.75, 3.05) is 6.61 Å². The van der Waals surface area contributed by atoms with Crippen LogP contribution in [0.25, 0.3) is 0 Å². The van der Waals surface area contributed by atoms with E-state index in [9.17, 15) is 4.79 Å². The minimum Gasteiger partial charge on any atom is -0.458 e. The molecule has 0 aromatic heterocycles. The van der Waals surface area contributed by atoms with Crippen molar-refractivity contribution in [2.45, 2.75) is 110 Å². The zero-order chi connectivity index (χ0) is 18.4. The molecule has 0 radical (unpaired) electrons. The zero-order valence-corrected chi connectivity index (χ0v) is 16.6. The first-order valence-electron chi connectivity index (χ1n) is 10.6. The maximum atomic E-state index is 11.4. The molecule has 0 saturated heterocycles. The lowest BCUT2D eigenvalue weighted by molar-refractivity contribution is -0.144. The second-order valence-corrected chi connectivity index (χ2v) is 7.81. The number of unbranched alkanes of at least 4 members (excludes halogenated alkanes) is 5. The zero-order valence-electron chi connectivity index (χ0n) is 16.6. The van der Waals surface area contributed by atoms with Crippen LogP contribution in [0.15, 0.2) is 12.2 Å². The molecule has 1 aliphatic rings. The maximum absolute atomic E-state index is 11.4. The van der Waals surface area contributed by atoms with E-state index in [1.165, 1.54) is 71.1 Å². The van der Waals surface area contributed by atoms with Gasteiger partial charge in [0.1, 0.15) is 6.10 Å². The van der Waals surface area contributed by atoms with E-state index < -0.39 is 0 Å². The van der Waals surface area contributed by atoms with Gasteiger partial charge in [0.15, 0.2) is 0 Å². The molecule has 146 valence electrons. The van der Waals surface area contributed by atoms with Crippen LogP contribution in [-0.4, -0.2) is 23.8 Å². The molecule has 0 aliphatic heterocycles. The molecule has 1 saturated carbocycles. The Morgan fingerprint density at radius 3 is 2.44 bits per heavy atom. The van der Waals surface area contributed by atoms with Crippen LogP contribution in [0.3, 0.4) is 0 Å². The Balaban J connectivity index is 2.61. The van der Waals surface area contributed by atoms with Crippen LogP contribution in [0.5, 0.6) is 0 Å². The smallest absolute Gasteiger partial charge is 0.303 e. The molecule has 3 nitrogen and oxygen atoms in total. The average molecular weight is 353 g/mol. The number of hydrogen-bond acceptors (Lipinski definition) is 3. The van der Waals surface area contributed by atoms with Gasteiger partial charge < -0.3 is 9.84 Å². The van der Waals surface area contributed by atoms with Crippen LogP contribution in [-0.2, 0) is 9.53 Å². The highest BCUT2D eigenvalue weighted by Crippen LogP contribution is 2.42. The van der Waals surface area contributed by atoms with Crippen molar-refractivity contribution in [3.05, 3.63) is 12.2 Å². The molecule has 0 aromatic carbocycles. The van der Waals surface area contributed by atoms with E-state index in [2.05, 4.69) is 19.1 Å². The molecule has 25 heavy (non-hydrogen) atoms. The van der Waals surface area contributed by atoms with Gasteiger partial charge in [-0.2, -0.15) is 0 Å². The van der Waals surface area contributed by atoms with Crippen molar-refractivity contribution in [3.8, 4) is 0 Å². The quantitative estimate of drug-likeness (QED) is 0.253. The standard InChI is InChI=1S/C22H40O3/c1-3-4-8-13-21(25-20(2)24)14-18-22(16-10-7-11-17-22)15-9-5-6-12-19-23/h14,18,21,23H,3-13,15-17,19H2,1-2H3. The van der Waals surface area contributed by atoms with Crippen molar-refractivity contribution in [1.29, 1.82) is 0 Å². The summed E-state index contributed by atoms with van der Waals surface area (Å²) in [5.74, 6) is -0.173. The van der Waals surface area contributed by atoms with Crippen LogP contribution in [0.2, 0.25) is 0 Å². The summed E-state index contributed by atoms with van der Waals surface area (Å²) in [6.45, 7) is 4.02. The summed E-state index contributed by atoms with van der Waals surface area (Å²) >= 11 is 0. The van der Waals surface area contributed by atoms with E-state index >= 15 is 0 Å². The predicted molar refractivity (Wildman–Crippen MR) is 105 cm³/mol. The van der Waals surface area contributed by atoms with E-state index in [1.807, 2.05) is 0 Å². The lowest BCUT2D eigenvalue weighted by Crippen LogP contribution is -2.23. The molecule has 1 unspecified atom stereocenters. The topological polar surface area (TPSA) is 46.5 Å². The Morgan fingerprint density at radius 2 is 1.80 bits per heavy atom. The fourth-order valence-corrected chi connectivity index (χ4v) is 4.01.